The Morgan fingerprint density at radius 1 is 1.11 bits per heavy atom. The summed E-state index contributed by atoms with van der Waals surface area (Å²) in [5.74, 6) is 1.32. The van der Waals surface area contributed by atoms with Gasteiger partial charge in [-0.2, -0.15) is 0 Å². The summed E-state index contributed by atoms with van der Waals surface area (Å²) < 4.78 is 10.4. The van der Waals surface area contributed by atoms with Gasteiger partial charge in [0.05, 0.1) is 25.5 Å². The number of anilines is 2. The summed E-state index contributed by atoms with van der Waals surface area (Å²) in [6.07, 6.45) is 3.81. The van der Waals surface area contributed by atoms with Crippen molar-refractivity contribution >= 4 is 24.0 Å². The van der Waals surface area contributed by atoms with Gasteiger partial charge in [0.2, 0.25) is 12.4 Å². The molecular formula is C18H21N5O4. The van der Waals surface area contributed by atoms with Gasteiger partial charge >= 0.3 is 0 Å². The van der Waals surface area contributed by atoms with Crippen molar-refractivity contribution in [1.82, 2.24) is 14.9 Å². The van der Waals surface area contributed by atoms with E-state index in [1.807, 2.05) is 4.90 Å². The van der Waals surface area contributed by atoms with Gasteiger partial charge in [0, 0.05) is 44.6 Å². The molecule has 1 aliphatic rings. The SMILES string of the molecule is COc1ccc(OC)c(NC(=O)c2cnc(N3CCN(C=O)CC3)nc2)c1. The maximum atomic E-state index is 12.5. The summed E-state index contributed by atoms with van der Waals surface area (Å²) in [5, 5.41) is 2.78. The number of methoxy groups -OCH3 is 2. The van der Waals surface area contributed by atoms with Gasteiger partial charge in [-0.25, -0.2) is 9.97 Å². The standard InChI is InChI=1S/C18H21N5O4/c1-26-14-3-4-16(27-2)15(9-14)21-17(25)13-10-19-18(20-11-13)23-7-5-22(12-24)6-8-23/h3-4,9-12H,5-8H2,1-2H3,(H,21,25). The monoisotopic (exact) mass is 371 g/mol. The molecule has 0 spiro atoms. The Kier molecular flexibility index (Phi) is 5.70. The van der Waals surface area contributed by atoms with E-state index in [4.69, 9.17) is 9.47 Å². The molecule has 0 atom stereocenters. The van der Waals surface area contributed by atoms with Crippen LogP contribution in [0.1, 0.15) is 10.4 Å². The van der Waals surface area contributed by atoms with Crippen LogP contribution in [0.5, 0.6) is 11.5 Å². The summed E-state index contributed by atoms with van der Waals surface area (Å²) in [7, 11) is 3.08. The number of carbonyl (C=O) groups excluding carboxylic acids is 2. The summed E-state index contributed by atoms with van der Waals surface area (Å²) in [6, 6.07) is 5.14. The van der Waals surface area contributed by atoms with E-state index in [0.29, 0.717) is 54.9 Å². The molecule has 0 aliphatic carbocycles. The van der Waals surface area contributed by atoms with E-state index in [9.17, 15) is 9.59 Å². The molecule has 9 heteroatoms. The van der Waals surface area contributed by atoms with Gasteiger partial charge in [0.1, 0.15) is 11.5 Å². The van der Waals surface area contributed by atoms with Gasteiger partial charge in [-0.1, -0.05) is 0 Å². The third-order valence-electron chi connectivity index (χ3n) is 4.30. The van der Waals surface area contributed by atoms with Crippen LogP contribution in [0.25, 0.3) is 0 Å². The molecule has 2 amide bonds. The maximum absolute atomic E-state index is 12.5. The average Bonchev–Trinajstić information content (AvgIpc) is 2.73. The molecule has 3 rings (SSSR count). The van der Waals surface area contributed by atoms with Crippen LogP contribution in [0.2, 0.25) is 0 Å². The molecule has 1 fully saturated rings. The molecule has 1 N–H and O–H groups in total. The predicted molar refractivity (Wildman–Crippen MR) is 99.4 cm³/mol. The summed E-state index contributed by atoms with van der Waals surface area (Å²) in [6.45, 7) is 2.58. The minimum Gasteiger partial charge on any atom is -0.497 e. The molecule has 9 nitrogen and oxygen atoms in total. The fourth-order valence-corrected chi connectivity index (χ4v) is 2.74. The van der Waals surface area contributed by atoms with Crippen LogP contribution < -0.4 is 19.7 Å². The second-order valence-corrected chi connectivity index (χ2v) is 5.92. The third-order valence-corrected chi connectivity index (χ3v) is 4.30. The second kappa shape index (κ2) is 8.35. The van der Waals surface area contributed by atoms with Crippen LogP contribution in [0, 0.1) is 0 Å². The van der Waals surface area contributed by atoms with Crippen molar-refractivity contribution in [3.8, 4) is 11.5 Å². The van der Waals surface area contributed by atoms with Crippen LogP contribution in [0.15, 0.2) is 30.6 Å². The zero-order chi connectivity index (χ0) is 19.2. The fourth-order valence-electron chi connectivity index (χ4n) is 2.74. The molecule has 0 saturated carbocycles. The van der Waals surface area contributed by atoms with Crippen molar-refractivity contribution in [2.24, 2.45) is 0 Å². The van der Waals surface area contributed by atoms with Crippen molar-refractivity contribution in [3.05, 3.63) is 36.2 Å². The average molecular weight is 371 g/mol. The summed E-state index contributed by atoms with van der Waals surface area (Å²) in [5.41, 5.74) is 0.825. The van der Waals surface area contributed by atoms with Gasteiger partial charge in [-0.3, -0.25) is 9.59 Å². The van der Waals surface area contributed by atoms with E-state index in [2.05, 4.69) is 15.3 Å². The number of ether oxygens (including phenoxy) is 2. The molecule has 0 unspecified atom stereocenters. The number of aromatic nitrogens is 2. The van der Waals surface area contributed by atoms with Crippen LogP contribution in [0.4, 0.5) is 11.6 Å². The number of amides is 2. The first kappa shape index (κ1) is 18.4. The van der Waals surface area contributed by atoms with Crippen molar-refractivity contribution in [1.29, 1.82) is 0 Å². The molecule has 0 radical (unpaired) electrons. The van der Waals surface area contributed by atoms with Crippen LogP contribution in [0.3, 0.4) is 0 Å². The molecular weight excluding hydrogens is 350 g/mol. The number of rotatable bonds is 6. The third kappa shape index (κ3) is 4.25. The lowest BCUT2D eigenvalue weighted by atomic mass is 10.2. The highest BCUT2D eigenvalue weighted by Gasteiger charge is 2.18. The molecule has 0 bridgehead atoms. The summed E-state index contributed by atoms with van der Waals surface area (Å²) >= 11 is 0. The predicted octanol–water partition coefficient (Wildman–Crippen LogP) is 1.02. The van der Waals surface area contributed by atoms with Gasteiger partial charge in [0.25, 0.3) is 5.91 Å². The highest BCUT2D eigenvalue weighted by atomic mass is 16.5. The van der Waals surface area contributed by atoms with E-state index in [-0.39, 0.29) is 5.91 Å². The minimum absolute atomic E-state index is 0.329. The van der Waals surface area contributed by atoms with E-state index in [1.165, 1.54) is 19.5 Å². The van der Waals surface area contributed by atoms with Crippen molar-refractivity contribution in [2.45, 2.75) is 0 Å². The zero-order valence-electron chi connectivity index (χ0n) is 15.2. The van der Waals surface area contributed by atoms with Crippen molar-refractivity contribution < 1.29 is 19.1 Å². The Labute approximate surface area is 156 Å². The Bertz CT molecular complexity index is 804. The molecule has 142 valence electrons. The van der Waals surface area contributed by atoms with E-state index in [0.717, 1.165) is 6.41 Å². The molecule has 1 aromatic heterocycles. The normalized spacial score (nSPS) is 13.9. The first-order valence-electron chi connectivity index (χ1n) is 8.44. The lowest BCUT2D eigenvalue weighted by Crippen LogP contribution is -2.46. The zero-order valence-corrected chi connectivity index (χ0v) is 15.2. The minimum atomic E-state index is -0.348. The Morgan fingerprint density at radius 2 is 1.81 bits per heavy atom. The number of piperazine rings is 1. The Hall–Kier alpha value is -3.36. The molecule has 1 saturated heterocycles. The van der Waals surface area contributed by atoms with E-state index >= 15 is 0 Å². The molecule has 2 heterocycles. The topological polar surface area (TPSA) is 96.9 Å². The smallest absolute Gasteiger partial charge is 0.258 e. The van der Waals surface area contributed by atoms with Crippen LogP contribution in [-0.4, -0.2) is 67.6 Å². The molecule has 27 heavy (non-hydrogen) atoms. The van der Waals surface area contributed by atoms with Crippen LogP contribution in [-0.2, 0) is 4.79 Å². The van der Waals surface area contributed by atoms with E-state index < -0.39 is 0 Å². The number of nitrogens with zero attached hydrogens (tertiary/aromatic N) is 4. The van der Waals surface area contributed by atoms with E-state index in [1.54, 1.807) is 30.2 Å². The number of benzene rings is 1. The van der Waals surface area contributed by atoms with Gasteiger partial charge in [0.15, 0.2) is 0 Å². The lowest BCUT2D eigenvalue weighted by molar-refractivity contribution is -0.118. The Balaban J connectivity index is 1.68. The van der Waals surface area contributed by atoms with Crippen LogP contribution >= 0.6 is 0 Å². The van der Waals surface area contributed by atoms with Crippen molar-refractivity contribution in [2.75, 3.05) is 50.6 Å². The first-order chi connectivity index (χ1) is 13.1. The number of nitrogens with one attached hydrogen (secondary N) is 1. The fraction of sp³-hybridized carbons (Fsp3) is 0.333. The molecule has 1 aromatic carbocycles. The summed E-state index contributed by atoms with van der Waals surface area (Å²) in [4.78, 5) is 35.5. The molecule has 1 aliphatic heterocycles. The molecule has 2 aromatic rings. The number of carbonyl (C=O) groups is 2. The first-order valence-corrected chi connectivity index (χ1v) is 8.44. The quantitative estimate of drug-likeness (QED) is 0.757. The second-order valence-electron chi connectivity index (χ2n) is 5.92. The van der Waals surface area contributed by atoms with Gasteiger partial charge in [-0.15, -0.1) is 0 Å². The lowest BCUT2D eigenvalue weighted by Gasteiger charge is -2.32. The highest BCUT2D eigenvalue weighted by Crippen LogP contribution is 2.29. The Morgan fingerprint density at radius 3 is 2.41 bits per heavy atom. The highest BCUT2D eigenvalue weighted by molar-refractivity contribution is 6.04. The maximum Gasteiger partial charge on any atom is 0.258 e. The number of hydrogen-bond donors (Lipinski definition) is 1. The van der Waals surface area contributed by atoms with Crippen molar-refractivity contribution in [3.63, 3.8) is 0 Å². The largest absolute Gasteiger partial charge is 0.497 e. The number of hydrogen-bond acceptors (Lipinski definition) is 7. The van der Waals surface area contributed by atoms with Gasteiger partial charge in [-0.05, 0) is 12.1 Å². The van der Waals surface area contributed by atoms with Gasteiger partial charge < -0.3 is 24.6 Å².